The topological polar surface area (TPSA) is 61.6 Å². The minimum absolute atomic E-state index is 0.388. The average Bonchev–Trinajstić information content (AvgIpc) is 2.49. The number of nitriles is 1. The lowest BCUT2D eigenvalue weighted by molar-refractivity contribution is 0.232. The summed E-state index contributed by atoms with van der Waals surface area (Å²) >= 11 is 0. The molecular weight excluding hydrogens is 260 g/mol. The number of anilines is 1. The Bertz CT molecular complexity index is 689. The molecule has 1 saturated carbocycles. The number of rotatable bonds is 2. The Morgan fingerprint density at radius 1 is 1.19 bits per heavy atom. The van der Waals surface area contributed by atoms with Crippen LogP contribution in [0.1, 0.15) is 45.2 Å². The highest BCUT2D eigenvalue weighted by molar-refractivity contribution is 5.92. The summed E-state index contributed by atoms with van der Waals surface area (Å²) in [6.45, 7) is 4.65. The van der Waals surface area contributed by atoms with E-state index in [0.717, 1.165) is 29.4 Å². The van der Waals surface area contributed by atoms with Crippen LogP contribution < -0.4 is 5.32 Å². The Balaban J connectivity index is 1.91. The predicted octanol–water partition coefficient (Wildman–Crippen LogP) is 3.88. The van der Waals surface area contributed by atoms with E-state index in [9.17, 15) is 5.26 Å². The second-order valence-corrected chi connectivity index (χ2v) is 6.64. The third-order valence-corrected chi connectivity index (χ3v) is 4.46. The van der Waals surface area contributed by atoms with Crippen molar-refractivity contribution in [3.05, 3.63) is 30.0 Å². The van der Waals surface area contributed by atoms with Crippen molar-refractivity contribution in [1.82, 2.24) is 10.2 Å². The van der Waals surface area contributed by atoms with Gasteiger partial charge in [0.25, 0.3) is 0 Å². The standard InChI is InChI=1S/C17H20N4/c1-17(2)9-7-12(8-10-17)19-16-13-5-3-4-6-14(13)20-21-15(16)11-18/h3-6,12H,7-10H2,1-2H3,(H,19,20). The molecule has 3 rings (SSSR count). The molecule has 1 aliphatic rings. The van der Waals surface area contributed by atoms with E-state index in [1.165, 1.54) is 12.8 Å². The van der Waals surface area contributed by atoms with Gasteiger partial charge in [-0.05, 0) is 37.2 Å². The maximum absolute atomic E-state index is 9.30. The molecule has 1 aromatic carbocycles. The van der Waals surface area contributed by atoms with Crippen molar-refractivity contribution in [3.63, 3.8) is 0 Å². The molecule has 0 radical (unpaired) electrons. The number of hydrogen-bond donors (Lipinski definition) is 1. The summed E-state index contributed by atoms with van der Waals surface area (Å²) in [6, 6.07) is 10.4. The average molecular weight is 280 g/mol. The fourth-order valence-corrected chi connectivity index (χ4v) is 3.03. The van der Waals surface area contributed by atoms with Gasteiger partial charge in [-0.3, -0.25) is 0 Å². The summed E-state index contributed by atoms with van der Waals surface area (Å²) in [7, 11) is 0. The Labute approximate surface area is 125 Å². The molecule has 4 heteroatoms. The molecule has 0 unspecified atom stereocenters. The molecule has 0 amide bonds. The van der Waals surface area contributed by atoms with Gasteiger partial charge in [-0.1, -0.05) is 32.0 Å². The predicted molar refractivity (Wildman–Crippen MR) is 83.9 cm³/mol. The van der Waals surface area contributed by atoms with Crippen LogP contribution in [-0.2, 0) is 0 Å². The van der Waals surface area contributed by atoms with Crippen molar-refractivity contribution in [2.24, 2.45) is 5.41 Å². The van der Waals surface area contributed by atoms with Gasteiger partial charge in [-0.25, -0.2) is 0 Å². The SMILES string of the molecule is CC1(C)CCC(Nc2c(C#N)nnc3ccccc23)CC1. The van der Waals surface area contributed by atoms with Crippen molar-refractivity contribution in [1.29, 1.82) is 5.26 Å². The molecule has 1 aliphatic carbocycles. The normalized spacial score (nSPS) is 18.3. The van der Waals surface area contributed by atoms with Gasteiger partial charge in [0.15, 0.2) is 5.69 Å². The first-order valence-electron chi connectivity index (χ1n) is 7.51. The van der Waals surface area contributed by atoms with Gasteiger partial charge in [-0.2, -0.15) is 5.26 Å². The number of nitrogens with zero attached hydrogens (tertiary/aromatic N) is 3. The van der Waals surface area contributed by atoms with Gasteiger partial charge in [0, 0.05) is 11.4 Å². The molecule has 0 saturated heterocycles. The minimum Gasteiger partial charge on any atom is -0.379 e. The number of aromatic nitrogens is 2. The molecule has 1 heterocycles. The second kappa shape index (κ2) is 5.33. The highest BCUT2D eigenvalue weighted by atomic mass is 15.1. The van der Waals surface area contributed by atoms with Crippen LogP contribution in [0.2, 0.25) is 0 Å². The second-order valence-electron chi connectivity index (χ2n) is 6.64. The molecule has 1 aromatic heterocycles. The van der Waals surface area contributed by atoms with E-state index in [1.807, 2.05) is 24.3 Å². The fraction of sp³-hybridized carbons (Fsp3) is 0.471. The largest absolute Gasteiger partial charge is 0.379 e. The molecule has 0 bridgehead atoms. The zero-order chi connectivity index (χ0) is 14.9. The number of fused-ring (bicyclic) bond motifs is 1. The maximum Gasteiger partial charge on any atom is 0.186 e. The van der Waals surface area contributed by atoms with Crippen molar-refractivity contribution >= 4 is 16.6 Å². The molecule has 0 spiro atoms. The number of nitrogens with one attached hydrogen (secondary N) is 1. The highest BCUT2D eigenvalue weighted by Gasteiger charge is 2.27. The zero-order valence-corrected chi connectivity index (χ0v) is 12.6. The van der Waals surface area contributed by atoms with Gasteiger partial charge in [0.2, 0.25) is 0 Å². The first kappa shape index (κ1) is 13.8. The molecule has 1 fully saturated rings. The Kier molecular flexibility index (Phi) is 3.50. The lowest BCUT2D eigenvalue weighted by Crippen LogP contribution is -2.30. The van der Waals surface area contributed by atoms with Crippen LogP contribution in [0.5, 0.6) is 0 Å². The first-order chi connectivity index (χ1) is 10.1. The summed E-state index contributed by atoms with van der Waals surface area (Å²) in [5, 5.41) is 22.0. The quantitative estimate of drug-likeness (QED) is 0.906. The Morgan fingerprint density at radius 3 is 2.62 bits per heavy atom. The molecule has 4 nitrogen and oxygen atoms in total. The van der Waals surface area contributed by atoms with E-state index >= 15 is 0 Å². The fourth-order valence-electron chi connectivity index (χ4n) is 3.03. The van der Waals surface area contributed by atoms with Gasteiger partial charge in [-0.15, -0.1) is 10.2 Å². The van der Waals surface area contributed by atoms with E-state index in [1.54, 1.807) is 0 Å². The monoisotopic (exact) mass is 280 g/mol. The smallest absolute Gasteiger partial charge is 0.186 e. The molecule has 21 heavy (non-hydrogen) atoms. The third-order valence-electron chi connectivity index (χ3n) is 4.46. The molecule has 108 valence electrons. The Hall–Kier alpha value is -2.15. The van der Waals surface area contributed by atoms with Crippen LogP contribution in [0, 0.1) is 16.7 Å². The van der Waals surface area contributed by atoms with Crippen molar-refractivity contribution in [2.75, 3.05) is 5.32 Å². The van der Waals surface area contributed by atoms with E-state index in [4.69, 9.17) is 0 Å². The van der Waals surface area contributed by atoms with Crippen molar-refractivity contribution in [3.8, 4) is 6.07 Å². The van der Waals surface area contributed by atoms with E-state index in [2.05, 4.69) is 35.4 Å². The van der Waals surface area contributed by atoms with Crippen LogP contribution in [0.15, 0.2) is 24.3 Å². The minimum atomic E-state index is 0.388. The number of hydrogen-bond acceptors (Lipinski definition) is 4. The maximum atomic E-state index is 9.30. The van der Waals surface area contributed by atoms with Crippen LogP contribution in [0.25, 0.3) is 10.9 Å². The van der Waals surface area contributed by atoms with Gasteiger partial charge < -0.3 is 5.32 Å². The molecule has 0 aliphatic heterocycles. The summed E-state index contributed by atoms with van der Waals surface area (Å²) in [5.41, 5.74) is 2.50. The third kappa shape index (κ3) is 2.82. The highest BCUT2D eigenvalue weighted by Crippen LogP contribution is 2.37. The lowest BCUT2D eigenvalue weighted by atomic mass is 9.75. The van der Waals surface area contributed by atoms with Crippen LogP contribution in [-0.4, -0.2) is 16.2 Å². The summed E-state index contributed by atoms with van der Waals surface area (Å²) in [6.07, 6.45) is 4.69. The summed E-state index contributed by atoms with van der Waals surface area (Å²) in [5.74, 6) is 0. The number of benzene rings is 1. The van der Waals surface area contributed by atoms with Crippen molar-refractivity contribution in [2.45, 2.75) is 45.6 Å². The lowest BCUT2D eigenvalue weighted by Gasteiger charge is -2.35. The van der Waals surface area contributed by atoms with Crippen LogP contribution in [0.4, 0.5) is 5.69 Å². The van der Waals surface area contributed by atoms with Crippen LogP contribution >= 0.6 is 0 Å². The van der Waals surface area contributed by atoms with Gasteiger partial charge >= 0.3 is 0 Å². The molecule has 2 aromatic rings. The van der Waals surface area contributed by atoms with E-state index in [-0.39, 0.29) is 0 Å². The Morgan fingerprint density at radius 2 is 1.90 bits per heavy atom. The summed E-state index contributed by atoms with van der Waals surface area (Å²) in [4.78, 5) is 0. The summed E-state index contributed by atoms with van der Waals surface area (Å²) < 4.78 is 0. The first-order valence-corrected chi connectivity index (χ1v) is 7.51. The van der Waals surface area contributed by atoms with E-state index < -0.39 is 0 Å². The van der Waals surface area contributed by atoms with Crippen molar-refractivity contribution < 1.29 is 0 Å². The molecular formula is C17H20N4. The van der Waals surface area contributed by atoms with Gasteiger partial charge in [0.1, 0.15) is 6.07 Å². The van der Waals surface area contributed by atoms with E-state index in [0.29, 0.717) is 17.2 Å². The molecule has 1 N–H and O–H groups in total. The molecule has 0 atom stereocenters. The van der Waals surface area contributed by atoms with Crippen LogP contribution in [0.3, 0.4) is 0 Å². The van der Waals surface area contributed by atoms with Gasteiger partial charge in [0.05, 0.1) is 11.2 Å². The zero-order valence-electron chi connectivity index (χ0n) is 12.6.